The van der Waals surface area contributed by atoms with Crippen molar-refractivity contribution in [3.05, 3.63) is 17.5 Å². The molecule has 4 heteroatoms. The van der Waals surface area contributed by atoms with Crippen molar-refractivity contribution in [1.29, 1.82) is 0 Å². The van der Waals surface area contributed by atoms with Gasteiger partial charge in [0.2, 0.25) is 0 Å². The molecule has 2 heterocycles. The van der Waals surface area contributed by atoms with Crippen LogP contribution in [0.5, 0.6) is 0 Å². The third kappa shape index (κ3) is 2.28. The van der Waals surface area contributed by atoms with Crippen LogP contribution in [-0.2, 0) is 11.3 Å². The quantitative estimate of drug-likeness (QED) is 0.854. The molecule has 2 rings (SSSR count). The van der Waals surface area contributed by atoms with Crippen molar-refractivity contribution in [2.75, 3.05) is 6.61 Å². The van der Waals surface area contributed by atoms with Crippen molar-refractivity contribution < 1.29 is 4.74 Å². The summed E-state index contributed by atoms with van der Waals surface area (Å²) < 4.78 is 7.86. The molecule has 90 valence electrons. The summed E-state index contributed by atoms with van der Waals surface area (Å²) in [5.74, 6) is 0. The summed E-state index contributed by atoms with van der Waals surface area (Å²) in [6.45, 7) is 5.64. The van der Waals surface area contributed by atoms with Crippen LogP contribution in [0.2, 0.25) is 0 Å². The smallest absolute Gasteiger partial charge is 0.0991 e. The largest absolute Gasteiger partial charge is 0.372 e. The lowest BCUT2D eigenvalue weighted by molar-refractivity contribution is 0.00885. The summed E-state index contributed by atoms with van der Waals surface area (Å²) >= 11 is 0. The molecule has 0 saturated carbocycles. The van der Waals surface area contributed by atoms with E-state index in [-0.39, 0.29) is 6.10 Å². The summed E-state index contributed by atoms with van der Waals surface area (Å²) in [7, 11) is 0. The van der Waals surface area contributed by atoms with Crippen LogP contribution in [0.4, 0.5) is 0 Å². The van der Waals surface area contributed by atoms with Gasteiger partial charge in [0, 0.05) is 19.2 Å². The van der Waals surface area contributed by atoms with Crippen molar-refractivity contribution in [1.82, 2.24) is 9.78 Å². The fourth-order valence-corrected chi connectivity index (χ4v) is 2.19. The zero-order chi connectivity index (χ0) is 11.5. The molecule has 1 atom stereocenters. The second-order valence-electron chi connectivity index (χ2n) is 4.66. The van der Waals surface area contributed by atoms with Crippen LogP contribution >= 0.6 is 0 Å². The van der Waals surface area contributed by atoms with Gasteiger partial charge in [0.05, 0.1) is 17.5 Å². The van der Waals surface area contributed by atoms with Gasteiger partial charge in [-0.2, -0.15) is 5.10 Å². The van der Waals surface area contributed by atoms with Crippen LogP contribution in [0.3, 0.4) is 0 Å². The zero-order valence-corrected chi connectivity index (χ0v) is 10.1. The summed E-state index contributed by atoms with van der Waals surface area (Å²) in [5, 5.41) is 4.52. The highest BCUT2D eigenvalue weighted by molar-refractivity contribution is 5.14. The van der Waals surface area contributed by atoms with Crippen molar-refractivity contribution in [2.24, 2.45) is 5.73 Å². The molecule has 0 amide bonds. The van der Waals surface area contributed by atoms with Gasteiger partial charge in [0.25, 0.3) is 0 Å². The van der Waals surface area contributed by atoms with Gasteiger partial charge in [-0.15, -0.1) is 0 Å². The van der Waals surface area contributed by atoms with Gasteiger partial charge in [-0.3, -0.25) is 4.68 Å². The van der Waals surface area contributed by atoms with E-state index in [0.29, 0.717) is 12.6 Å². The number of nitrogens with two attached hydrogens (primary N) is 1. The number of aromatic nitrogens is 2. The van der Waals surface area contributed by atoms with Crippen LogP contribution in [0.1, 0.15) is 56.6 Å². The lowest BCUT2D eigenvalue weighted by Crippen LogP contribution is -2.17. The Kier molecular flexibility index (Phi) is 3.61. The van der Waals surface area contributed by atoms with Gasteiger partial charge in [0.1, 0.15) is 0 Å². The highest BCUT2D eigenvalue weighted by Crippen LogP contribution is 2.29. The summed E-state index contributed by atoms with van der Waals surface area (Å²) in [4.78, 5) is 0. The Hall–Kier alpha value is -0.870. The summed E-state index contributed by atoms with van der Waals surface area (Å²) in [6, 6.07) is 2.46. The third-order valence-electron chi connectivity index (χ3n) is 3.02. The van der Waals surface area contributed by atoms with Gasteiger partial charge < -0.3 is 10.5 Å². The van der Waals surface area contributed by atoms with E-state index in [0.717, 1.165) is 18.7 Å². The second-order valence-corrected chi connectivity index (χ2v) is 4.66. The first-order valence-corrected chi connectivity index (χ1v) is 6.12. The molecule has 1 aliphatic heterocycles. The van der Waals surface area contributed by atoms with E-state index in [1.165, 1.54) is 18.5 Å². The summed E-state index contributed by atoms with van der Waals surface area (Å²) in [6.07, 6.45) is 3.73. The van der Waals surface area contributed by atoms with Crippen molar-refractivity contribution in [3.8, 4) is 0 Å². The average Bonchev–Trinajstić information content (AvgIpc) is 2.74. The Bertz CT molecular complexity index is 340. The van der Waals surface area contributed by atoms with E-state index in [1.54, 1.807) is 0 Å². The molecule has 1 fully saturated rings. The molecule has 1 unspecified atom stereocenters. The molecule has 0 aliphatic carbocycles. The van der Waals surface area contributed by atoms with Crippen molar-refractivity contribution >= 4 is 0 Å². The number of nitrogens with zero attached hydrogens (tertiary/aromatic N) is 2. The van der Waals surface area contributed by atoms with Gasteiger partial charge >= 0.3 is 0 Å². The molecule has 1 aromatic rings. The normalized spacial score (nSPS) is 21.6. The maximum Gasteiger partial charge on any atom is 0.0991 e. The topological polar surface area (TPSA) is 53.1 Å². The van der Waals surface area contributed by atoms with E-state index in [4.69, 9.17) is 10.5 Å². The molecule has 0 bridgehead atoms. The van der Waals surface area contributed by atoms with Crippen LogP contribution in [0.15, 0.2) is 6.07 Å². The number of hydrogen-bond acceptors (Lipinski definition) is 3. The van der Waals surface area contributed by atoms with E-state index in [1.807, 2.05) is 0 Å². The lowest BCUT2D eigenvalue weighted by atomic mass is 10.1. The van der Waals surface area contributed by atoms with Gasteiger partial charge in [0.15, 0.2) is 0 Å². The highest BCUT2D eigenvalue weighted by atomic mass is 16.5. The number of rotatable bonds is 3. The molecule has 1 aliphatic rings. The molecular formula is C12H21N3O. The van der Waals surface area contributed by atoms with Crippen molar-refractivity contribution in [2.45, 2.75) is 51.8 Å². The highest BCUT2D eigenvalue weighted by Gasteiger charge is 2.22. The standard InChI is InChI=1S/C12H21N3O/c1-9(2)15-11(7-10(8-13)14-15)12-5-3-4-6-16-12/h7,9,12H,3-6,8,13H2,1-2H3. The predicted molar refractivity (Wildman–Crippen MR) is 63.0 cm³/mol. The monoisotopic (exact) mass is 223 g/mol. The maximum absolute atomic E-state index is 5.81. The van der Waals surface area contributed by atoms with Gasteiger partial charge in [-0.1, -0.05) is 0 Å². The van der Waals surface area contributed by atoms with E-state index < -0.39 is 0 Å². The Morgan fingerprint density at radius 3 is 2.94 bits per heavy atom. The lowest BCUT2D eigenvalue weighted by Gasteiger charge is -2.24. The zero-order valence-electron chi connectivity index (χ0n) is 10.1. The Labute approximate surface area is 96.8 Å². The van der Waals surface area contributed by atoms with Crippen molar-refractivity contribution in [3.63, 3.8) is 0 Å². The molecule has 4 nitrogen and oxygen atoms in total. The minimum absolute atomic E-state index is 0.212. The molecule has 1 saturated heterocycles. The fourth-order valence-electron chi connectivity index (χ4n) is 2.19. The van der Waals surface area contributed by atoms with Gasteiger partial charge in [-0.25, -0.2) is 0 Å². The maximum atomic E-state index is 5.81. The summed E-state index contributed by atoms with van der Waals surface area (Å²) in [5.41, 5.74) is 7.79. The molecular weight excluding hydrogens is 202 g/mol. The average molecular weight is 223 g/mol. The first-order valence-electron chi connectivity index (χ1n) is 6.12. The molecule has 1 aromatic heterocycles. The van der Waals surface area contributed by atoms with Gasteiger partial charge in [-0.05, 0) is 39.2 Å². The molecule has 2 N–H and O–H groups in total. The Morgan fingerprint density at radius 2 is 2.38 bits per heavy atom. The van der Waals surface area contributed by atoms with E-state index in [2.05, 4.69) is 29.7 Å². The van der Waals surface area contributed by atoms with E-state index >= 15 is 0 Å². The second kappa shape index (κ2) is 4.97. The van der Waals surface area contributed by atoms with Crippen LogP contribution < -0.4 is 5.73 Å². The number of ether oxygens (including phenoxy) is 1. The van der Waals surface area contributed by atoms with Crippen LogP contribution in [0.25, 0.3) is 0 Å². The SMILES string of the molecule is CC(C)n1nc(CN)cc1C1CCCCO1. The molecule has 0 spiro atoms. The van der Waals surface area contributed by atoms with E-state index in [9.17, 15) is 0 Å². The minimum atomic E-state index is 0.212. The Morgan fingerprint density at radius 1 is 1.56 bits per heavy atom. The Balaban J connectivity index is 2.26. The third-order valence-corrected chi connectivity index (χ3v) is 3.02. The minimum Gasteiger partial charge on any atom is -0.372 e. The van der Waals surface area contributed by atoms with Crippen LogP contribution in [-0.4, -0.2) is 16.4 Å². The first-order chi connectivity index (χ1) is 7.72. The molecule has 0 aromatic carbocycles. The number of hydrogen-bond donors (Lipinski definition) is 1. The first kappa shape index (κ1) is 11.6. The predicted octanol–water partition coefficient (Wildman–Crippen LogP) is 2.16. The molecule has 0 radical (unpaired) electrons. The fraction of sp³-hybridized carbons (Fsp3) is 0.750. The van der Waals surface area contributed by atoms with Crippen LogP contribution in [0, 0.1) is 0 Å². The molecule has 16 heavy (non-hydrogen) atoms.